The third-order valence-corrected chi connectivity index (χ3v) is 4.83. The molecule has 0 saturated heterocycles. The summed E-state index contributed by atoms with van der Waals surface area (Å²) in [6.07, 6.45) is 21.3. The monoisotopic (exact) mass is 418 g/mol. The second-order valence-electron chi connectivity index (χ2n) is 5.23. The van der Waals surface area contributed by atoms with Gasteiger partial charge in [-0.1, -0.05) is 124 Å². The Morgan fingerprint density at radius 3 is 1.17 bits per heavy atom. The molecule has 0 N–H and O–H groups in total. The fraction of sp³-hybridized carbons (Fsp3) is 0.941. The lowest BCUT2D eigenvalue weighted by Crippen LogP contribution is -1.82. The highest BCUT2D eigenvalue weighted by atomic mass is 33.1. The summed E-state index contributed by atoms with van der Waals surface area (Å²) in [4.78, 5) is 9.17. The Kier molecular flexibility index (Phi) is 39.6. The Morgan fingerprint density at radius 2 is 0.957 bits per heavy atom. The molecule has 1 nitrogen and oxygen atoms in total. The van der Waals surface area contributed by atoms with Crippen LogP contribution < -0.4 is 0 Å². The molecule has 0 amide bonds. The molecule has 23 heavy (non-hydrogen) atoms. The molecular formula is C17H38OS5. The maximum absolute atomic E-state index is 9.17. The van der Waals surface area contributed by atoms with Crippen molar-refractivity contribution in [2.45, 2.75) is 84.0 Å². The van der Waals surface area contributed by atoms with Gasteiger partial charge in [-0.05, 0) is 24.7 Å². The topological polar surface area (TPSA) is 17.1 Å². The van der Waals surface area contributed by atoms with Crippen molar-refractivity contribution < 1.29 is 4.79 Å². The van der Waals surface area contributed by atoms with E-state index in [0.29, 0.717) is 0 Å². The van der Waals surface area contributed by atoms with Gasteiger partial charge in [0.15, 0.2) is 0 Å². The van der Waals surface area contributed by atoms with Gasteiger partial charge in [-0.25, -0.2) is 0 Å². The lowest BCUT2D eigenvalue weighted by molar-refractivity contribution is 0.277. The molecule has 142 valence electrons. The zero-order valence-electron chi connectivity index (χ0n) is 15.3. The van der Waals surface area contributed by atoms with E-state index >= 15 is 0 Å². The average Bonchev–Trinajstić information content (AvgIpc) is 2.52. The van der Waals surface area contributed by atoms with Crippen LogP contribution in [0.5, 0.6) is 0 Å². The summed E-state index contributed by atoms with van der Waals surface area (Å²) in [7, 11) is 3.55. The Balaban J connectivity index is -0.000000413. The van der Waals surface area contributed by atoms with Crippen LogP contribution in [0, 0.1) is 0 Å². The van der Waals surface area contributed by atoms with Gasteiger partial charge in [-0.15, -0.1) is 0 Å². The first-order chi connectivity index (χ1) is 11.1. The van der Waals surface area contributed by atoms with Crippen LogP contribution in [0.15, 0.2) is 0 Å². The molecule has 0 radical (unpaired) electrons. The summed E-state index contributed by atoms with van der Waals surface area (Å²) in [6.45, 7) is 2.28. The van der Waals surface area contributed by atoms with Crippen molar-refractivity contribution in [3.05, 3.63) is 0 Å². The fourth-order valence-electron chi connectivity index (χ4n) is 1.95. The van der Waals surface area contributed by atoms with Crippen molar-refractivity contribution in [3.8, 4) is 0 Å². The summed E-state index contributed by atoms with van der Waals surface area (Å²) >= 11 is 10.6. The molecule has 6 heteroatoms. The molecule has 0 rings (SSSR count). The van der Waals surface area contributed by atoms with Gasteiger partial charge in [-0.2, -0.15) is 12.6 Å². The summed E-state index contributed by atoms with van der Waals surface area (Å²) < 4.78 is -0.444. The van der Waals surface area contributed by atoms with Crippen LogP contribution in [0.3, 0.4) is 0 Å². The van der Waals surface area contributed by atoms with Crippen LogP contribution in [-0.4, -0.2) is 22.7 Å². The standard InChI is InChI=1S/C14H30S.C2H6S2.CH2OS2/c1-2-3-4-5-6-7-8-9-10-11-12-13-14-15;1-3-4-2;2-1(3)4/h15H,2-14H2,1H3;1-2H3;(H2,2,3,4). The first-order valence-electron chi connectivity index (χ1n) is 8.66. The summed E-state index contributed by atoms with van der Waals surface area (Å²) in [6, 6.07) is 0. The summed E-state index contributed by atoms with van der Waals surface area (Å²) in [5.74, 6) is 1.07. The molecule has 0 atom stereocenters. The second kappa shape index (κ2) is 31.2. The maximum Gasteiger partial charge on any atom is 0.239 e. The van der Waals surface area contributed by atoms with E-state index in [1.807, 2.05) is 0 Å². The van der Waals surface area contributed by atoms with Gasteiger partial charge in [0.2, 0.25) is 4.45 Å². The minimum atomic E-state index is -0.444. The molecule has 0 spiro atoms. The van der Waals surface area contributed by atoms with E-state index in [0.717, 1.165) is 5.75 Å². The van der Waals surface area contributed by atoms with Gasteiger partial charge in [0.25, 0.3) is 0 Å². The smallest absolute Gasteiger partial charge is 0.239 e. The van der Waals surface area contributed by atoms with Crippen molar-refractivity contribution >= 4 is 63.9 Å². The van der Waals surface area contributed by atoms with E-state index in [1.54, 1.807) is 21.6 Å². The minimum Gasteiger partial charge on any atom is -0.275 e. The lowest BCUT2D eigenvalue weighted by atomic mass is 10.1. The molecule has 0 aliphatic rings. The number of hydrogen-bond donors (Lipinski definition) is 3. The molecule has 0 aliphatic carbocycles. The molecule has 0 fully saturated rings. The van der Waals surface area contributed by atoms with Crippen molar-refractivity contribution in [3.63, 3.8) is 0 Å². The third kappa shape index (κ3) is 51.7. The minimum absolute atomic E-state index is 0.444. The van der Waals surface area contributed by atoms with E-state index in [4.69, 9.17) is 0 Å². The average molecular weight is 419 g/mol. The Morgan fingerprint density at radius 1 is 0.696 bits per heavy atom. The van der Waals surface area contributed by atoms with E-state index in [1.165, 1.54) is 77.0 Å². The highest BCUT2D eigenvalue weighted by molar-refractivity contribution is 8.76. The fourth-order valence-corrected chi connectivity index (χ4v) is 2.18. The summed E-state index contributed by atoms with van der Waals surface area (Å²) in [5.41, 5.74) is 0. The first-order valence-corrected chi connectivity index (χ1v) is 13.2. The molecule has 0 saturated carbocycles. The van der Waals surface area contributed by atoms with Gasteiger partial charge in [0.05, 0.1) is 0 Å². The molecule has 0 unspecified atom stereocenters. The largest absolute Gasteiger partial charge is 0.275 e. The van der Waals surface area contributed by atoms with Crippen molar-refractivity contribution in [1.29, 1.82) is 0 Å². The molecular weight excluding hydrogens is 381 g/mol. The lowest BCUT2D eigenvalue weighted by Gasteiger charge is -2.01. The molecule has 0 aliphatic heterocycles. The van der Waals surface area contributed by atoms with Gasteiger partial charge >= 0.3 is 0 Å². The Labute approximate surface area is 170 Å². The first kappa shape index (κ1) is 29.2. The number of unbranched alkanes of at least 4 members (excludes halogenated alkanes) is 11. The zero-order chi connectivity index (χ0) is 18.2. The molecule has 0 aromatic carbocycles. The highest BCUT2D eigenvalue weighted by Gasteiger charge is 1.92. The maximum atomic E-state index is 9.17. The van der Waals surface area contributed by atoms with Crippen LogP contribution in [0.4, 0.5) is 4.79 Å². The normalized spacial score (nSPS) is 9.48. The molecule has 0 aromatic rings. The van der Waals surface area contributed by atoms with Crippen LogP contribution >= 0.6 is 59.5 Å². The number of carbonyl (C=O) groups excluding carboxylic acids is 1. The SMILES string of the molecule is CCCCCCCCCCCCCCS.CSSC.O=C(S)S. The molecule has 0 bridgehead atoms. The van der Waals surface area contributed by atoms with Crippen LogP contribution in [0.25, 0.3) is 0 Å². The predicted octanol–water partition coefficient (Wildman–Crippen LogP) is 8.21. The number of thiol groups is 3. The highest BCUT2D eigenvalue weighted by Crippen LogP contribution is 2.11. The second-order valence-corrected chi connectivity index (χ2v) is 9.51. The molecule has 0 heterocycles. The van der Waals surface area contributed by atoms with Gasteiger partial charge < -0.3 is 0 Å². The number of carbonyl (C=O) groups is 1. The molecule has 0 aromatic heterocycles. The van der Waals surface area contributed by atoms with E-state index < -0.39 is 4.45 Å². The van der Waals surface area contributed by atoms with Crippen molar-refractivity contribution in [2.75, 3.05) is 18.3 Å². The van der Waals surface area contributed by atoms with E-state index in [9.17, 15) is 4.79 Å². The van der Waals surface area contributed by atoms with Gasteiger partial charge in [0, 0.05) is 0 Å². The quantitative estimate of drug-likeness (QED) is 0.159. The van der Waals surface area contributed by atoms with Crippen LogP contribution in [0.1, 0.15) is 84.0 Å². The summed E-state index contributed by atoms with van der Waals surface area (Å²) in [5, 5.41) is 0. The van der Waals surface area contributed by atoms with E-state index in [-0.39, 0.29) is 0 Å². The number of hydrogen-bond acceptors (Lipinski definition) is 4. The zero-order valence-corrected chi connectivity index (χ0v) is 19.6. The predicted molar refractivity (Wildman–Crippen MR) is 125 cm³/mol. The van der Waals surface area contributed by atoms with Crippen LogP contribution in [0.2, 0.25) is 0 Å². The van der Waals surface area contributed by atoms with Gasteiger partial charge in [0.1, 0.15) is 0 Å². The Bertz CT molecular complexity index is 185. The third-order valence-electron chi connectivity index (χ3n) is 3.18. The van der Waals surface area contributed by atoms with Crippen LogP contribution in [-0.2, 0) is 0 Å². The van der Waals surface area contributed by atoms with Crippen molar-refractivity contribution in [2.24, 2.45) is 0 Å². The van der Waals surface area contributed by atoms with Crippen molar-refractivity contribution in [1.82, 2.24) is 0 Å². The van der Waals surface area contributed by atoms with Gasteiger partial charge in [-0.3, -0.25) is 4.79 Å². The Hall–Kier alpha value is 1.42. The number of rotatable bonds is 13. The van der Waals surface area contributed by atoms with E-state index in [2.05, 4.69) is 57.3 Å².